The molecule has 13 aromatic rings. The number of pyridine rings is 5. The maximum Gasteiger partial charge on any atom is 0.338 e. The highest BCUT2D eigenvalue weighted by Crippen LogP contribution is 2.37. The minimum absolute atomic E-state index is 0.227. The van der Waals surface area contributed by atoms with Crippen LogP contribution in [0.2, 0.25) is 0 Å². The highest BCUT2D eigenvalue weighted by atomic mass is 32.1. The predicted molar refractivity (Wildman–Crippen MR) is 365 cm³/mol. The summed E-state index contributed by atoms with van der Waals surface area (Å²) in [4.78, 5) is 13.2. The van der Waals surface area contributed by atoms with Crippen molar-refractivity contribution in [3.05, 3.63) is 287 Å². The number of benzene rings is 6. The molecule has 0 aliphatic carbocycles. The number of cyclic esters (lactones) is 1. The Bertz CT molecular complexity index is 4890. The third-order valence-corrected chi connectivity index (χ3v) is 17.9. The van der Waals surface area contributed by atoms with Crippen molar-refractivity contribution in [3.8, 4) is 79.2 Å². The summed E-state index contributed by atoms with van der Waals surface area (Å²) in [5, 5.41) is 11.3. The van der Waals surface area contributed by atoms with Gasteiger partial charge in [-0.3, -0.25) is 0 Å². The molecule has 1 aliphatic heterocycles. The lowest BCUT2D eigenvalue weighted by atomic mass is 9.92. The number of nitrogens with zero attached hydrogens (tertiary/aromatic N) is 6. The molecule has 8 heterocycles. The molecule has 0 unspecified atom stereocenters. The van der Waals surface area contributed by atoms with E-state index in [0.717, 1.165) is 61.5 Å². The highest BCUT2D eigenvalue weighted by Gasteiger charge is 2.28. The molecule has 0 saturated heterocycles. The van der Waals surface area contributed by atoms with Crippen LogP contribution in [0.1, 0.15) is 54.2 Å². The molecule has 0 spiro atoms. The van der Waals surface area contributed by atoms with Crippen LogP contribution in [0.25, 0.3) is 88.5 Å². The molecule has 6 aromatic carbocycles. The summed E-state index contributed by atoms with van der Waals surface area (Å²) >= 11 is 1.87. The number of carbonyl (C=O) groups is 1. The molecular weight excluding hydrogens is 1160 g/mol. The molecule has 10 nitrogen and oxygen atoms in total. The Morgan fingerprint density at radius 1 is 0.511 bits per heavy atom. The van der Waals surface area contributed by atoms with Gasteiger partial charge in [-0.2, -0.15) is 9.83 Å². The molecule has 14 rings (SSSR count). The summed E-state index contributed by atoms with van der Waals surface area (Å²) in [5.41, 5.74) is 22.9. The van der Waals surface area contributed by atoms with Gasteiger partial charge >= 0.3 is 5.97 Å². The van der Waals surface area contributed by atoms with Gasteiger partial charge in [-0.05, 0) is 153 Å². The first kappa shape index (κ1) is 64.3. The van der Waals surface area contributed by atoms with Gasteiger partial charge < -0.3 is 13.9 Å². The van der Waals surface area contributed by atoms with E-state index in [1.165, 1.54) is 77.1 Å². The van der Waals surface area contributed by atoms with Gasteiger partial charge in [0.1, 0.15) is 70.6 Å². The first-order chi connectivity index (χ1) is 44.4. The van der Waals surface area contributed by atoms with Crippen molar-refractivity contribution in [2.45, 2.75) is 48.1 Å². The van der Waals surface area contributed by atoms with Crippen LogP contribution in [0, 0.1) is 58.7 Å². The van der Waals surface area contributed by atoms with Crippen molar-refractivity contribution >= 4 is 38.4 Å². The van der Waals surface area contributed by atoms with E-state index in [9.17, 15) is 9.18 Å². The number of rotatable bonds is 7. The standard InChI is InChI=1S/C19H18N.C17H15N2O2.C15H13FNO.C15H14NS.C14H16NO/c1-15-8-6-7-11-18(15)19-14-17(12-13-20(19)2)16-9-4-3-5-10-16;1-10-11(2)15-9-21-17(20)14(15)6-13(10)16-5-4-12(7-18)8-19(16)3;1-10-7-15-11(4-6-18-15)8-13(10)14-9-12(16)3-5-17(14)2;1-11-15(13-8-5-6-10-16(13)2)12-7-3-4-9-14(12)17-11;1-11-10-12(16-3)7-8-13(11)14-6-4-5-9-15(14)2/h3-14H,1-2H3;4-6,8H,9H2,1-3H3;3-9H,1-2H3;3-10H,1-2H3;4-10H,1-3H3/q5*+1. The summed E-state index contributed by atoms with van der Waals surface area (Å²) in [6.07, 6.45) is 11.5. The van der Waals surface area contributed by atoms with Gasteiger partial charge in [-0.15, -0.1) is 11.3 Å². The van der Waals surface area contributed by atoms with Crippen LogP contribution in [-0.2, 0) is 46.6 Å². The molecule has 0 saturated carbocycles. The fraction of sp³-hybridized carbons (Fsp3) is 0.163. The van der Waals surface area contributed by atoms with Crippen molar-refractivity contribution in [1.29, 1.82) is 5.26 Å². The number of methoxy groups -OCH3 is 1. The van der Waals surface area contributed by atoms with Crippen LogP contribution in [0.15, 0.2) is 236 Å². The fourth-order valence-corrected chi connectivity index (χ4v) is 12.7. The minimum atomic E-state index is -0.259. The summed E-state index contributed by atoms with van der Waals surface area (Å²) in [5.74, 6) is 0.417. The summed E-state index contributed by atoms with van der Waals surface area (Å²) in [6.45, 7) is 12.9. The molecule has 1 aliphatic rings. The zero-order chi connectivity index (χ0) is 65.2. The van der Waals surface area contributed by atoms with E-state index < -0.39 is 0 Å². The third-order valence-electron chi connectivity index (χ3n) is 16.9. The van der Waals surface area contributed by atoms with Gasteiger partial charge in [0.15, 0.2) is 31.0 Å². The number of hydrogen-bond donors (Lipinski definition) is 0. The average molecular weight is 1240 g/mol. The van der Waals surface area contributed by atoms with Crippen molar-refractivity contribution < 1.29 is 45.9 Å². The maximum atomic E-state index is 13.4. The second-order valence-corrected chi connectivity index (χ2v) is 24.2. The van der Waals surface area contributed by atoms with Crippen LogP contribution in [0.5, 0.6) is 5.75 Å². The van der Waals surface area contributed by atoms with Crippen molar-refractivity contribution in [2.24, 2.45) is 35.2 Å². The molecule has 7 aromatic heterocycles. The van der Waals surface area contributed by atoms with Crippen LogP contribution in [0.4, 0.5) is 4.39 Å². The fourth-order valence-electron chi connectivity index (χ4n) is 11.6. The van der Waals surface area contributed by atoms with Gasteiger partial charge in [-0.25, -0.2) is 27.5 Å². The topological polar surface area (TPSA) is 91.9 Å². The Labute approximate surface area is 542 Å². The van der Waals surface area contributed by atoms with E-state index in [1.54, 1.807) is 37.9 Å². The summed E-state index contributed by atoms with van der Waals surface area (Å²) in [6, 6.07) is 67.4. The largest absolute Gasteiger partial charge is 0.497 e. The van der Waals surface area contributed by atoms with Crippen molar-refractivity contribution in [3.63, 3.8) is 0 Å². The second-order valence-electron chi connectivity index (χ2n) is 23.0. The number of furan rings is 1. The number of ether oxygens (including phenoxy) is 2. The number of fused-ring (bicyclic) bond motifs is 3. The lowest BCUT2D eigenvalue weighted by Gasteiger charge is -2.10. The molecule has 92 heavy (non-hydrogen) atoms. The molecule has 0 radical (unpaired) electrons. The number of aromatic nitrogens is 5. The Balaban J connectivity index is 0.000000126. The zero-order valence-corrected chi connectivity index (χ0v) is 55.1. The summed E-state index contributed by atoms with van der Waals surface area (Å²) < 4.78 is 40.8. The highest BCUT2D eigenvalue weighted by molar-refractivity contribution is 7.19. The number of thiophene rings is 1. The van der Waals surface area contributed by atoms with Crippen LogP contribution in [0.3, 0.4) is 0 Å². The van der Waals surface area contributed by atoms with E-state index in [4.69, 9.17) is 19.2 Å². The molecule has 12 heteroatoms. The molecular formula is C80H76FN6O4S+5. The Morgan fingerprint density at radius 2 is 1.14 bits per heavy atom. The normalized spacial score (nSPS) is 11.2. The quantitative estimate of drug-likeness (QED) is 0.117. The van der Waals surface area contributed by atoms with E-state index in [2.05, 4.69) is 214 Å². The number of halogens is 1. The van der Waals surface area contributed by atoms with Gasteiger partial charge in [0.05, 0.1) is 35.6 Å². The van der Waals surface area contributed by atoms with E-state index >= 15 is 0 Å². The van der Waals surface area contributed by atoms with Gasteiger partial charge in [-0.1, -0.05) is 66.7 Å². The number of aryl methyl sites for hydroxylation is 9. The molecule has 0 bridgehead atoms. The molecule has 0 amide bonds. The van der Waals surface area contributed by atoms with Crippen LogP contribution in [-0.4, -0.2) is 13.1 Å². The van der Waals surface area contributed by atoms with Gasteiger partial charge in [0, 0.05) is 91.6 Å². The number of esters is 1. The third kappa shape index (κ3) is 14.3. The number of carbonyl (C=O) groups excluding carboxylic acids is 1. The van der Waals surface area contributed by atoms with E-state index in [-0.39, 0.29) is 11.8 Å². The number of nitriles is 1. The van der Waals surface area contributed by atoms with E-state index in [0.29, 0.717) is 17.7 Å². The monoisotopic (exact) mass is 1240 g/mol. The van der Waals surface area contributed by atoms with Crippen LogP contribution >= 0.6 is 11.3 Å². The van der Waals surface area contributed by atoms with Gasteiger partial charge in [0.25, 0.3) is 0 Å². The Kier molecular flexibility index (Phi) is 20.1. The Hall–Kier alpha value is -10.7. The summed E-state index contributed by atoms with van der Waals surface area (Å²) in [7, 11) is 11.7. The molecule has 458 valence electrons. The Morgan fingerprint density at radius 3 is 1.84 bits per heavy atom. The lowest BCUT2D eigenvalue weighted by molar-refractivity contribution is -0.660. The van der Waals surface area contributed by atoms with E-state index in [1.807, 2.05) is 97.8 Å². The predicted octanol–water partition coefficient (Wildman–Crippen LogP) is 16.1. The smallest absolute Gasteiger partial charge is 0.338 e. The first-order valence-corrected chi connectivity index (χ1v) is 31.2. The average Bonchev–Trinajstić information content (AvgIpc) is 1.83. The number of hydrogen-bond acceptors (Lipinski definition) is 6. The minimum Gasteiger partial charge on any atom is -0.497 e. The second kappa shape index (κ2) is 28.8. The van der Waals surface area contributed by atoms with Crippen molar-refractivity contribution in [2.75, 3.05) is 7.11 Å². The van der Waals surface area contributed by atoms with Crippen LogP contribution < -0.4 is 27.6 Å². The zero-order valence-electron chi connectivity index (χ0n) is 54.2. The van der Waals surface area contributed by atoms with Gasteiger partial charge in [0.2, 0.25) is 28.5 Å². The SMILES string of the molecule is COc1ccc(-c2cccc[n+]2C)c(C)c1.Cc1c(-c2ccc(C#N)c[n+]2C)cc2c(c1C)COC2=O.Cc1cc2occc2cc1-c1cc(F)cc[n+]1C.Cc1ccccc1-c1cc(-c2ccccc2)cc[n+]1C.Cc1sc2ccccc2c1-c1cccc[n+]1C. The molecule has 0 N–H and O–H groups in total. The first-order valence-electron chi connectivity index (χ1n) is 30.4. The maximum absolute atomic E-state index is 13.4. The molecule has 0 atom stereocenters. The molecule has 0 fully saturated rings. The van der Waals surface area contributed by atoms with Crippen molar-refractivity contribution in [1.82, 2.24) is 0 Å². The lowest BCUT2D eigenvalue weighted by Crippen LogP contribution is -2.31.